The van der Waals surface area contributed by atoms with Crippen LogP contribution in [-0.4, -0.2) is 21.2 Å². The van der Waals surface area contributed by atoms with Gasteiger partial charge in [0.25, 0.3) is 0 Å². The van der Waals surface area contributed by atoms with E-state index in [1.165, 1.54) is 17.3 Å². The highest BCUT2D eigenvalue weighted by molar-refractivity contribution is 8.00. The fourth-order valence-electron chi connectivity index (χ4n) is 4.15. The van der Waals surface area contributed by atoms with Crippen LogP contribution in [0.4, 0.5) is 5.69 Å². The molecule has 5 nitrogen and oxygen atoms in total. The summed E-state index contributed by atoms with van der Waals surface area (Å²) in [6.07, 6.45) is 5.19. The van der Waals surface area contributed by atoms with Crippen LogP contribution in [0.15, 0.2) is 46.8 Å². The van der Waals surface area contributed by atoms with Gasteiger partial charge in [-0.1, -0.05) is 38.1 Å². The molecule has 1 atom stereocenters. The molecule has 4 rings (SSSR count). The lowest BCUT2D eigenvalue weighted by Crippen LogP contribution is -2.30. The van der Waals surface area contributed by atoms with Crippen LogP contribution < -0.4 is 5.32 Å². The van der Waals surface area contributed by atoms with Crippen LogP contribution in [0.2, 0.25) is 0 Å². The third-order valence-corrected chi connectivity index (χ3v) is 8.23. The number of aromatic nitrogens is 1. The maximum Gasteiger partial charge on any atom is 0.238 e. The quantitative estimate of drug-likeness (QED) is 0.243. The zero-order chi connectivity index (χ0) is 23.4. The van der Waals surface area contributed by atoms with Gasteiger partial charge >= 0.3 is 0 Å². The van der Waals surface area contributed by atoms with Crippen molar-refractivity contribution in [2.45, 2.75) is 56.2 Å². The Bertz CT molecular complexity index is 1170. The van der Waals surface area contributed by atoms with E-state index in [1.54, 1.807) is 35.6 Å². The lowest BCUT2D eigenvalue weighted by atomic mass is 9.97. The standard InChI is InChI=1S/C26H27N3O2S2/c1-16(2)24(25(31)28-17-10-12-18(30)13-11-17)33-26-20(15-27)23(22-9-6-14-32-22)19-7-4-3-5-8-21(19)29-26/h6,9-14,16,24,30H,3-5,7-8H2,1-2H3,(H,28,31). The summed E-state index contributed by atoms with van der Waals surface area (Å²) in [5.74, 6) is 0.0418. The second kappa shape index (κ2) is 10.4. The van der Waals surface area contributed by atoms with E-state index in [9.17, 15) is 15.2 Å². The lowest BCUT2D eigenvalue weighted by Gasteiger charge is -2.22. The average Bonchev–Trinajstić information content (AvgIpc) is 3.23. The highest BCUT2D eigenvalue weighted by Crippen LogP contribution is 2.41. The SMILES string of the molecule is CC(C)C(Sc1nc2c(c(-c3cccs3)c1C#N)CCCCC2)C(=O)Nc1ccc(O)cc1. The first-order valence-corrected chi connectivity index (χ1v) is 13.0. The second-order valence-corrected chi connectivity index (χ2v) is 10.6. The lowest BCUT2D eigenvalue weighted by molar-refractivity contribution is -0.116. The molecule has 170 valence electrons. The van der Waals surface area contributed by atoms with Gasteiger partial charge in [0.1, 0.15) is 16.8 Å². The molecule has 2 N–H and O–H groups in total. The Hall–Kier alpha value is -2.82. The molecule has 3 aromatic rings. The molecule has 1 aromatic carbocycles. The molecule has 0 spiro atoms. The first-order valence-electron chi connectivity index (χ1n) is 11.2. The number of thiophene rings is 1. The van der Waals surface area contributed by atoms with Gasteiger partial charge in [0.2, 0.25) is 5.91 Å². The topological polar surface area (TPSA) is 86.0 Å². The summed E-state index contributed by atoms with van der Waals surface area (Å²) in [6, 6.07) is 12.9. The van der Waals surface area contributed by atoms with Gasteiger partial charge in [-0.3, -0.25) is 4.79 Å². The molecule has 1 unspecified atom stereocenters. The molecule has 0 radical (unpaired) electrons. The van der Waals surface area contributed by atoms with Crippen molar-refractivity contribution in [3.8, 4) is 22.3 Å². The van der Waals surface area contributed by atoms with Crippen molar-refractivity contribution < 1.29 is 9.90 Å². The number of aryl methyl sites for hydroxylation is 1. The van der Waals surface area contributed by atoms with Crippen molar-refractivity contribution in [3.63, 3.8) is 0 Å². The van der Waals surface area contributed by atoms with E-state index in [4.69, 9.17) is 4.98 Å². The van der Waals surface area contributed by atoms with E-state index in [0.717, 1.165) is 48.2 Å². The van der Waals surface area contributed by atoms with E-state index in [1.807, 2.05) is 25.3 Å². The number of anilines is 1. The summed E-state index contributed by atoms with van der Waals surface area (Å²) in [7, 11) is 0. The molecule has 0 saturated heterocycles. The molecule has 1 aliphatic carbocycles. The molecule has 0 aliphatic heterocycles. The van der Waals surface area contributed by atoms with Gasteiger partial charge in [-0.15, -0.1) is 11.3 Å². The number of thioether (sulfide) groups is 1. The minimum absolute atomic E-state index is 0.0319. The third-order valence-electron chi connectivity index (χ3n) is 5.81. The number of rotatable bonds is 6. The Balaban J connectivity index is 1.73. The number of carbonyl (C=O) groups is 1. The van der Waals surface area contributed by atoms with Crippen molar-refractivity contribution in [3.05, 3.63) is 58.6 Å². The fourth-order valence-corrected chi connectivity index (χ4v) is 6.06. The largest absolute Gasteiger partial charge is 0.508 e. The number of hydrogen-bond donors (Lipinski definition) is 2. The Morgan fingerprint density at radius 3 is 2.61 bits per heavy atom. The number of phenols is 1. The molecule has 1 amide bonds. The van der Waals surface area contributed by atoms with E-state index >= 15 is 0 Å². The second-order valence-electron chi connectivity index (χ2n) is 8.56. The molecular weight excluding hydrogens is 450 g/mol. The highest BCUT2D eigenvalue weighted by atomic mass is 32.2. The normalized spacial score (nSPS) is 14.2. The molecule has 33 heavy (non-hydrogen) atoms. The van der Waals surface area contributed by atoms with Crippen molar-refractivity contribution in [1.82, 2.24) is 4.98 Å². The van der Waals surface area contributed by atoms with Gasteiger partial charge in [-0.2, -0.15) is 5.26 Å². The Kier molecular flexibility index (Phi) is 7.36. The van der Waals surface area contributed by atoms with Crippen molar-refractivity contribution in [2.24, 2.45) is 5.92 Å². The number of nitrogens with zero attached hydrogens (tertiary/aromatic N) is 2. The number of nitriles is 1. The highest BCUT2D eigenvalue weighted by Gasteiger charge is 2.29. The molecular formula is C26H27N3O2S2. The average molecular weight is 478 g/mol. The zero-order valence-electron chi connectivity index (χ0n) is 18.8. The van der Waals surface area contributed by atoms with E-state index in [0.29, 0.717) is 16.3 Å². The molecule has 2 aromatic heterocycles. The fraction of sp³-hybridized carbons (Fsp3) is 0.346. The van der Waals surface area contributed by atoms with Crippen LogP contribution in [0.1, 0.15) is 49.9 Å². The minimum Gasteiger partial charge on any atom is -0.508 e. The Labute approximate surface area is 202 Å². The van der Waals surface area contributed by atoms with Crippen LogP contribution in [0.3, 0.4) is 0 Å². The first kappa shape index (κ1) is 23.3. The van der Waals surface area contributed by atoms with Crippen LogP contribution in [0.25, 0.3) is 10.4 Å². The van der Waals surface area contributed by atoms with Gasteiger partial charge in [0, 0.05) is 21.8 Å². The number of phenolic OH excluding ortho intramolecular Hbond substituents is 1. The van der Waals surface area contributed by atoms with Gasteiger partial charge in [0.15, 0.2) is 0 Å². The van der Waals surface area contributed by atoms with E-state index in [2.05, 4.69) is 17.5 Å². The number of amides is 1. The molecule has 0 fully saturated rings. The number of nitrogens with one attached hydrogen (secondary N) is 1. The smallest absolute Gasteiger partial charge is 0.238 e. The summed E-state index contributed by atoms with van der Waals surface area (Å²) >= 11 is 3.02. The van der Waals surface area contributed by atoms with E-state index in [-0.39, 0.29) is 17.6 Å². The van der Waals surface area contributed by atoms with Gasteiger partial charge in [-0.05, 0) is 72.9 Å². The van der Waals surface area contributed by atoms with Crippen LogP contribution >= 0.6 is 23.1 Å². The number of benzene rings is 1. The number of pyridine rings is 1. The van der Waals surface area contributed by atoms with Gasteiger partial charge in [-0.25, -0.2) is 4.98 Å². The number of aromatic hydroxyl groups is 1. The Morgan fingerprint density at radius 1 is 1.18 bits per heavy atom. The van der Waals surface area contributed by atoms with Crippen molar-refractivity contribution in [1.29, 1.82) is 5.26 Å². The third kappa shape index (κ3) is 5.23. The number of carbonyl (C=O) groups excluding carboxylic acids is 1. The molecule has 7 heteroatoms. The summed E-state index contributed by atoms with van der Waals surface area (Å²) in [5.41, 5.74) is 4.47. The molecule has 0 saturated carbocycles. The molecule has 2 heterocycles. The molecule has 1 aliphatic rings. The Morgan fingerprint density at radius 2 is 1.94 bits per heavy atom. The molecule has 0 bridgehead atoms. The van der Waals surface area contributed by atoms with Crippen LogP contribution in [0, 0.1) is 17.2 Å². The predicted octanol–water partition coefficient (Wildman–Crippen LogP) is 6.41. The van der Waals surface area contributed by atoms with E-state index < -0.39 is 5.25 Å². The number of hydrogen-bond acceptors (Lipinski definition) is 6. The summed E-state index contributed by atoms with van der Waals surface area (Å²) in [5, 5.41) is 24.9. The first-order chi connectivity index (χ1) is 16.0. The maximum absolute atomic E-state index is 13.2. The van der Waals surface area contributed by atoms with Gasteiger partial charge in [0.05, 0.1) is 10.8 Å². The van der Waals surface area contributed by atoms with Gasteiger partial charge < -0.3 is 10.4 Å². The summed E-state index contributed by atoms with van der Waals surface area (Å²) < 4.78 is 0. The summed E-state index contributed by atoms with van der Waals surface area (Å²) in [6.45, 7) is 4.01. The van der Waals surface area contributed by atoms with Crippen LogP contribution in [-0.2, 0) is 17.6 Å². The minimum atomic E-state index is -0.418. The maximum atomic E-state index is 13.2. The predicted molar refractivity (Wildman–Crippen MR) is 135 cm³/mol. The number of fused-ring (bicyclic) bond motifs is 1. The zero-order valence-corrected chi connectivity index (χ0v) is 20.4. The van der Waals surface area contributed by atoms with Crippen molar-refractivity contribution in [2.75, 3.05) is 5.32 Å². The summed E-state index contributed by atoms with van der Waals surface area (Å²) in [4.78, 5) is 19.3. The monoisotopic (exact) mass is 477 g/mol. The van der Waals surface area contributed by atoms with Crippen molar-refractivity contribution >= 4 is 34.7 Å². The van der Waals surface area contributed by atoms with Crippen LogP contribution in [0.5, 0.6) is 5.75 Å².